The van der Waals surface area contributed by atoms with E-state index in [0.717, 1.165) is 18.7 Å². The summed E-state index contributed by atoms with van der Waals surface area (Å²) in [6.07, 6.45) is 0. The summed E-state index contributed by atoms with van der Waals surface area (Å²) >= 11 is 3.40. The van der Waals surface area contributed by atoms with E-state index < -0.39 is 5.60 Å². The van der Waals surface area contributed by atoms with Crippen molar-refractivity contribution in [3.05, 3.63) is 106 Å². The maximum Gasteiger partial charge on any atom is 0.124 e. The quantitative estimate of drug-likeness (QED) is 0.468. The van der Waals surface area contributed by atoms with Crippen LogP contribution >= 0.6 is 15.9 Å². The molecule has 1 aliphatic rings. The number of nitrogens with zero attached hydrogens (tertiary/aromatic N) is 1. The minimum absolute atomic E-state index is 0.145. The Labute approximate surface area is 186 Å². The summed E-state index contributed by atoms with van der Waals surface area (Å²) in [7, 11) is 0. The number of hydrogen-bond donors (Lipinski definition) is 1. The lowest BCUT2D eigenvalue weighted by Gasteiger charge is -2.50. The second-order valence-corrected chi connectivity index (χ2v) is 9.69. The van der Waals surface area contributed by atoms with Crippen molar-refractivity contribution in [3.63, 3.8) is 0 Å². The van der Waals surface area contributed by atoms with Gasteiger partial charge in [-0.15, -0.1) is 0 Å². The Bertz CT molecular complexity index is 921. The molecule has 1 atom stereocenters. The average Bonchev–Trinajstić information content (AvgIpc) is 2.66. The number of benzene rings is 3. The van der Waals surface area contributed by atoms with Gasteiger partial charge in [0.15, 0.2) is 0 Å². The zero-order valence-corrected chi connectivity index (χ0v) is 18.9. The number of rotatable bonds is 6. The Kier molecular flexibility index (Phi) is 6.10. The van der Waals surface area contributed by atoms with Crippen molar-refractivity contribution in [2.24, 2.45) is 5.92 Å². The lowest BCUT2D eigenvalue weighted by Crippen LogP contribution is -2.54. The predicted molar refractivity (Wildman–Crippen MR) is 123 cm³/mol. The lowest BCUT2D eigenvalue weighted by atomic mass is 9.71. The highest BCUT2D eigenvalue weighted by atomic mass is 79.9. The van der Waals surface area contributed by atoms with E-state index in [2.05, 4.69) is 69.4 Å². The normalized spacial score (nSPS) is 16.5. The Morgan fingerprint density at radius 2 is 1.43 bits per heavy atom. The molecule has 30 heavy (non-hydrogen) atoms. The summed E-state index contributed by atoms with van der Waals surface area (Å²) in [6, 6.07) is 26.2. The second-order valence-electron chi connectivity index (χ2n) is 8.77. The third-order valence-corrected chi connectivity index (χ3v) is 6.47. The molecule has 156 valence electrons. The van der Waals surface area contributed by atoms with Crippen LogP contribution in [0.5, 0.6) is 0 Å². The maximum atomic E-state index is 14.1. The van der Waals surface area contributed by atoms with Gasteiger partial charge in [-0.1, -0.05) is 76.6 Å². The molecule has 1 fully saturated rings. The summed E-state index contributed by atoms with van der Waals surface area (Å²) in [6.45, 7) is 5.34. The summed E-state index contributed by atoms with van der Waals surface area (Å²) in [4.78, 5) is 2.45. The molecule has 0 saturated carbocycles. The van der Waals surface area contributed by atoms with Gasteiger partial charge in [0.2, 0.25) is 0 Å². The standard InChI is InChI=1S/C26H27BrFNO/c1-26(2,30)24(20-13-22(27)15-23(28)14-20)21-16-29(17-21)25(18-9-5-3-6-10-18)19-11-7-4-8-12-19/h3-15,21,24-25,30H,16-17H2,1-2H3/t24-/m1/s1. The third-order valence-electron chi connectivity index (χ3n) is 6.01. The van der Waals surface area contributed by atoms with Crippen LogP contribution in [0.15, 0.2) is 83.3 Å². The van der Waals surface area contributed by atoms with E-state index >= 15 is 0 Å². The third kappa shape index (κ3) is 4.51. The minimum Gasteiger partial charge on any atom is -0.390 e. The van der Waals surface area contributed by atoms with Crippen LogP contribution in [0.4, 0.5) is 4.39 Å². The first-order chi connectivity index (χ1) is 14.3. The molecule has 1 saturated heterocycles. The predicted octanol–water partition coefficient (Wildman–Crippen LogP) is 6.16. The molecular weight excluding hydrogens is 441 g/mol. The molecule has 3 aromatic carbocycles. The zero-order chi connectivity index (χ0) is 21.3. The molecular formula is C26H27BrFNO. The van der Waals surface area contributed by atoms with Gasteiger partial charge >= 0.3 is 0 Å². The molecule has 0 aliphatic carbocycles. The van der Waals surface area contributed by atoms with Gasteiger partial charge in [0.25, 0.3) is 0 Å². The topological polar surface area (TPSA) is 23.5 Å². The first-order valence-corrected chi connectivity index (χ1v) is 11.1. The van der Waals surface area contributed by atoms with Crippen molar-refractivity contribution in [3.8, 4) is 0 Å². The molecule has 1 N–H and O–H groups in total. The van der Waals surface area contributed by atoms with Crippen LogP contribution in [-0.2, 0) is 0 Å². The van der Waals surface area contributed by atoms with E-state index in [-0.39, 0.29) is 23.7 Å². The second kappa shape index (κ2) is 8.62. The highest BCUT2D eigenvalue weighted by Gasteiger charge is 2.44. The molecule has 4 rings (SSSR count). The monoisotopic (exact) mass is 467 g/mol. The molecule has 2 nitrogen and oxygen atoms in total. The fraction of sp³-hybridized carbons (Fsp3) is 0.308. The number of halogens is 2. The van der Waals surface area contributed by atoms with E-state index in [1.807, 2.05) is 32.0 Å². The largest absolute Gasteiger partial charge is 0.390 e. The number of hydrogen-bond acceptors (Lipinski definition) is 2. The van der Waals surface area contributed by atoms with Gasteiger partial charge in [0.1, 0.15) is 5.82 Å². The maximum absolute atomic E-state index is 14.1. The molecule has 0 aromatic heterocycles. The Hall–Kier alpha value is -2.01. The van der Waals surface area contributed by atoms with Crippen molar-refractivity contribution in [2.45, 2.75) is 31.4 Å². The van der Waals surface area contributed by atoms with E-state index in [0.29, 0.717) is 4.47 Å². The first-order valence-electron chi connectivity index (χ1n) is 10.4. The Morgan fingerprint density at radius 3 is 1.90 bits per heavy atom. The lowest BCUT2D eigenvalue weighted by molar-refractivity contribution is -0.0309. The van der Waals surface area contributed by atoms with E-state index in [4.69, 9.17) is 0 Å². The van der Waals surface area contributed by atoms with E-state index in [1.54, 1.807) is 6.07 Å². The van der Waals surface area contributed by atoms with Crippen LogP contribution in [-0.4, -0.2) is 28.7 Å². The van der Waals surface area contributed by atoms with Crippen molar-refractivity contribution >= 4 is 15.9 Å². The molecule has 0 unspecified atom stereocenters. The van der Waals surface area contributed by atoms with Crippen LogP contribution in [0.3, 0.4) is 0 Å². The smallest absolute Gasteiger partial charge is 0.124 e. The fourth-order valence-corrected chi connectivity index (χ4v) is 5.35. The number of aliphatic hydroxyl groups is 1. The average molecular weight is 468 g/mol. The van der Waals surface area contributed by atoms with Crippen LogP contribution in [0.2, 0.25) is 0 Å². The summed E-state index contributed by atoms with van der Waals surface area (Å²) in [5, 5.41) is 11.0. The SMILES string of the molecule is CC(C)(O)[C@H](c1cc(F)cc(Br)c1)C1CN(C(c2ccccc2)c2ccccc2)C1. The fourth-order valence-electron chi connectivity index (χ4n) is 4.87. The highest BCUT2D eigenvalue weighted by molar-refractivity contribution is 9.10. The number of likely N-dealkylation sites (tertiary alicyclic amines) is 1. The van der Waals surface area contributed by atoms with Gasteiger partial charge < -0.3 is 5.11 Å². The van der Waals surface area contributed by atoms with Crippen molar-refractivity contribution < 1.29 is 9.50 Å². The van der Waals surface area contributed by atoms with Crippen molar-refractivity contribution in [1.29, 1.82) is 0 Å². The summed E-state index contributed by atoms with van der Waals surface area (Å²) in [5.74, 6) is -0.183. The first kappa shape index (κ1) is 21.2. The molecule has 0 bridgehead atoms. The zero-order valence-electron chi connectivity index (χ0n) is 17.3. The van der Waals surface area contributed by atoms with Gasteiger partial charge in [-0.2, -0.15) is 0 Å². The van der Waals surface area contributed by atoms with Gasteiger partial charge in [-0.25, -0.2) is 4.39 Å². The Morgan fingerprint density at radius 1 is 0.900 bits per heavy atom. The van der Waals surface area contributed by atoms with E-state index in [1.165, 1.54) is 17.2 Å². The highest BCUT2D eigenvalue weighted by Crippen LogP contribution is 2.44. The van der Waals surface area contributed by atoms with Gasteiger partial charge in [-0.3, -0.25) is 4.90 Å². The molecule has 4 heteroatoms. The van der Waals surface area contributed by atoms with Crippen LogP contribution < -0.4 is 0 Å². The summed E-state index contributed by atoms with van der Waals surface area (Å²) in [5.41, 5.74) is 2.42. The molecule has 0 spiro atoms. The molecule has 0 amide bonds. The van der Waals surface area contributed by atoms with E-state index in [9.17, 15) is 9.50 Å². The Balaban J connectivity index is 1.61. The van der Waals surface area contributed by atoms with Gasteiger partial charge in [0, 0.05) is 23.5 Å². The van der Waals surface area contributed by atoms with Gasteiger partial charge in [-0.05, 0) is 54.7 Å². The van der Waals surface area contributed by atoms with Crippen molar-refractivity contribution in [2.75, 3.05) is 13.1 Å². The van der Waals surface area contributed by atoms with Crippen LogP contribution in [0.1, 0.15) is 42.5 Å². The molecule has 3 aromatic rings. The van der Waals surface area contributed by atoms with Crippen LogP contribution in [0, 0.1) is 11.7 Å². The van der Waals surface area contributed by atoms with Crippen molar-refractivity contribution in [1.82, 2.24) is 4.90 Å². The molecule has 0 radical (unpaired) electrons. The molecule has 1 aliphatic heterocycles. The molecule has 1 heterocycles. The summed E-state index contributed by atoms with van der Waals surface area (Å²) < 4.78 is 14.8. The minimum atomic E-state index is -0.945. The van der Waals surface area contributed by atoms with Crippen LogP contribution in [0.25, 0.3) is 0 Å². The van der Waals surface area contributed by atoms with Gasteiger partial charge in [0.05, 0.1) is 11.6 Å².